The molecule has 2 aliphatic rings. The van der Waals surface area contributed by atoms with Gasteiger partial charge in [0.15, 0.2) is 11.0 Å². The molecule has 2 fully saturated rings. The van der Waals surface area contributed by atoms with Crippen molar-refractivity contribution in [3.05, 3.63) is 46.9 Å². The van der Waals surface area contributed by atoms with E-state index >= 15 is 0 Å². The molecule has 3 aromatic rings. The third-order valence-corrected chi connectivity index (χ3v) is 5.73. The minimum Gasteiger partial charge on any atom is -0.351 e. The number of hydrogen-bond donors (Lipinski definition) is 1. The third kappa shape index (κ3) is 3.18. The second-order valence-corrected chi connectivity index (χ2v) is 7.73. The van der Waals surface area contributed by atoms with Gasteiger partial charge < -0.3 is 10.2 Å². The number of carbonyl (C=O) groups is 1. The van der Waals surface area contributed by atoms with Crippen LogP contribution in [0.4, 0.5) is 5.82 Å². The van der Waals surface area contributed by atoms with Crippen LogP contribution in [0.5, 0.6) is 0 Å². The van der Waals surface area contributed by atoms with Gasteiger partial charge in [0.05, 0.1) is 10.9 Å². The number of hydrogen-bond acceptors (Lipinski definition) is 9. The van der Waals surface area contributed by atoms with E-state index in [9.17, 15) is 9.70 Å². The van der Waals surface area contributed by atoms with E-state index in [-0.39, 0.29) is 5.56 Å². The highest BCUT2D eigenvalue weighted by Gasteiger charge is 2.32. The summed E-state index contributed by atoms with van der Waals surface area (Å²) in [6.45, 7) is 4.87. The van der Waals surface area contributed by atoms with E-state index in [4.69, 9.17) is 0 Å². The van der Waals surface area contributed by atoms with Gasteiger partial charge in [0, 0.05) is 38.1 Å². The molecule has 154 valence electrons. The lowest BCUT2D eigenvalue weighted by Crippen LogP contribution is -2.50. The molecule has 30 heavy (non-hydrogen) atoms. The highest BCUT2D eigenvalue weighted by Crippen LogP contribution is 2.46. The van der Waals surface area contributed by atoms with Gasteiger partial charge in [0.25, 0.3) is 0 Å². The standard InChI is InChI=1S/C20H21N7O3/c1-12-9-21-6-7-26(12)18-17-15(13-2-3-13)10-27(19(17)24-11-23-18)16-8-14(4-5-22-16)20(28)30-25-29/h4-5,8,10-13,21H,2-3,6-7,9H2,1H3/t12-/m0/s1. The van der Waals surface area contributed by atoms with Crippen molar-refractivity contribution in [2.75, 3.05) is 24.5 Å². The number of nitrogens with one attached hydrogen (secondary N) is 1. The molecular weight excluding hydrogens is 386 g/mol. The molecule has 1 atom stereocenters. The SMILES string of the molecule is C[C@H]1CNCCN1c1ncnc2c1c(C1CC1)cn2-c1cc(C(=O)ON=O)ccn1. The van der Waals surface area contributed by atoms with Gasteiger partial charge in [-0.05, 0) is 43.4 Å². The second kappa shape index (κ2) is 7.45. The second-order valence-electron chi connectivity index (χ2n) is 7.73. The van der Waals surface area contributed by atoms with Gasteiger partial charge in [0.1, 0.15) is 18.0 Å². The first-order chi connectivity index (χ1) is 14.7. The number of carbonyl (C=O) groups excluding carboxylic acids is 1. The molecule has 0 amide bonds. The van der Waals surface area contributed by atoms with Crippen molar-refractivity contribution >= 4 is 22.8 Å². The Balaban J connectivity index is 1.66. The van der Waals surface area contributed by atoms with E-state index in [1.807, 2.05) is 10.8 Å². The molecule has 0 radical (unpaired) electrons. The summed E-state index contributed by atoms with van der Waals surface area (Å²) in [5.74, 6) is 1.11. The lowest BCUT2D eigenvalue weighted by Gasteiger charge is -2.35. The van der Waals surface area contributed by atoms with Gasteiger partial charge in [0.2, 0.25) is 0 Å². The minimum atomic E-state index is -0.822. The number of rotatable bonds is 5. The van der Waals surface area contributed by atoms with Gasteiger partial charge in [-0.2, -0.15) is 0 Å². The molecule has 0 unspecified atom stereocenters. The zero-order chi connectivity index (χ0) is 20.7. The quantitative estimate of drug-likeness (QED) is 0.506. The molecule has 3 aromatic heterocycles. The highest BCUT2D eigenvalue weighted by molar-refractivity contribution is 5.94. The average Bonchev–Trinajstić information content (AvgIpc) is 3.54. The molecule has 0 aromatic carbocycles. The number of piperazine rings is 1. The maximum absolute atomic E-state index is 11.9. The van der Waals surface area contributed by atoms with Crippen molar-refractivity contribution in [1.29, 1.82) is 0 Å². The molecule has 1 aliphatic carbocycles. The molecular formula is C20H21N7O3. The molecule has 1 aliphatic heterocycles. The van der Waals surface area contributed by atoms with Crippen LogP contribution >= 0.6 is 0 Å². The van der Waals surface area contributed by atoms with E-state index in [1.54, 1.807) is 12.4 Å². The van der Waals surface area contributed by atoms with E-state index in [0.717, 1.165) is 49.3 Å². The van der Waals surface area contributed by atoms with Gasteiger partial charge >= 0.3 is 5.97 Å². The average molecular weight is 407 g/mol. The van der Waals surface area contributed by atoms with Crippen LogP contribution in [0, 0.1) is 4.91 Å². The third-order valence-electron chi connectivity index (χ3n) is 5.73. The maximum Gasteiger partial charge on any atom is 0.369 e. The van der Waals surface area contributed by atoms with E-state index < -0.39 is 5.97 Å². The summed E-state index contributed by atoms with van der Waals surface area (Å²) in [7, 11) is 0. The highest BCUT2D eigenvalue weighted by atomic mass is 16.7. The van der Waals surface area contributed by atoms with Crippen molar-refractivity contribution in [3.8, 4) is 5.82 Å². The maximum atomic E-state index is 11.9. The Morgan fingerprint density at radius 3 is 2.93 bits per heavy atom. The molecule has 1 N–H and O–H groups in total. The molecule has 10 nitrogen and oxygen atoms in total. The Bertz CT molecular complexity index is 1120. The monoisotopic (exact) mass is 407 g/mol. The van der Waals surface area contributed by atoms with Crippen LogP contribution in [-0.4, -0.2) is 51.2 Å². The van der Waals surface area contributed by atoms with E-state index in [0.29, 0.717) is 17.8 Å². The Morgan fingerprint density at radius 1 is 1.30 bits per heavy atom. The lowest BCUT2D eigenvalue weighted by atomic mass is 10.1. The predicted octanol–water partition coefficient (Wildman–Crippen LogP) is 2.33. The van der Waals surface area contributed by atoms with Crippen LogP contribution < -0.4 is 10.2 Å². The lowest BCUT2D eigenvalue weighted by molar-refractivity contribution is 0.0508. The Hall–Kier alpha value is -3.40. The van der Waals surface area contributed by atoms with Gasteiger partial charge in [-0.25, -0.2) is 19.7 Å². The van der Waals surface area contributed by atoms with Gasteiger partial charge in [-0.1, -0.05) is 0 Å². The normalized spacial score (nSPS) is 19.1. The van der Waals surface area contributed by atoms with Crippen molar-refractivity contribution in [2.45, 2.75) is 31.7 Å². The molecule has 0 spiro atoms. The number of pyridine rings is 1. The molecule has 4 heterocycles. The first-order valence-electron chi connectivity index (χ1n) is 10.0. The zero-order valence-corrected chi connectivity index (χ0v) is 16.5. The molecule has 1 saturated carbocycles. The molecule has 1 saturated heterocycles. The largest absolute Gasteiger partial charge is 0.369 e. The van der Waals surface area contributed by atoms with E-state index in [2.05, 4.69) is 42.3 Å². The van der Waals surface area contributed by atoms with Crippen molar-refractivity contribution in [1.82, 2.24) is 24.8 Å². The summed E-state index contributed by atoms with van der Waals surface area (Å²) in [6.07, 6.45) is 7.39. The van der Waals surface area contributed by atoms with Crippen molar-refractivity contribution in [2.24, 2.45) is 5.34 Å². The Labute approximate surface area is 172 Å². The molecule has 0 bridgehead atoms. The minimum absolute atomic E-state index is 0.194. The molecule has 10 heteroatoms. The van der Waals surface area contributed by atoms with Crippen LogP contribution in [-0.2, 0) is 4.84 Å². The summed E-state index contributed by atoms with van der Waals surface area (Å²) in [4.78, 5) is 42.4. The fraction of sp³-hybridized carbons (Fsp3) is 0.400. The number of anilines is 1. The fourth-order valence-corrected chi connectivity index (χ4v) is 4.09. The zero-order valence-electron chi connectivity index (χ0n) is 16.5. The van der Waals surface area contributed by atoms with Crippen LogP contribution in [0.25, 0.3) is 16.9 Å². The number of nitrogens with zero attached hydrogens (tertiary/aromatic N) is 6. The Kier molecular flexibility index (Phi) is 4.62. The Morgan fingerprint density at radius 2 is 2.17 bits per heavy atom. The molecule has 5 rings (SSSR count). The predicted molar refractivity (Wildman–Crippen MR) is 110 cm³/mol. The van der Waals surface area contributed by atoms with Crippen LogP contribution in [0.3, 0.4) is 0 Å². The van der Waals surface area contributed by atoms with Crippen LogP contribution in [0.1, 0.15) is 41.6 Å². The fourth-order valence-electron chi connectivity index (χ4n) is 4.09. The number of aromatic nitrogens is 4. The first-order valence-corrected chi connectivity index (χ1v) is 10.0. The first kappa shape index (κ1) is 18.6. The van der Waals surface area contributed by atoms with Crippen molar-refractivity contribution < 1.29 is 9.63 Å². The summed E-state index contributed by atoms with van der Waals surface area (Å²) in [5.41, 5.74) is 2.15. The van der Waals surface area contributed by atoms with Crippen LogP contribution in [0.15, 0.2) is 36.2 Å². The topological polar surface area (TPSA) is 115 Å². The summed E-state index contributed by atoms with van der Waals surface area (Å²) in [5, 5.41) is 6.67. The van der Waals surface area contributed by atoms with Gasteiger partial charge in [-0.3, -0.25) is 9.40 Å². The van der Waals surface area contributed by atoms with E-state index in [1.165, 1.54) is 17.8 Å². The van der Waals surface area contributed by atoms with Gasteiger partial charge in [-0.15, -0.1) is 4.91 Å². The summed E-state index contributed by atoms with van der Waals surface area (Å²) < 4.78 is 1.88. The van der Waals surface area contributed by atoms with Crippen LogP contribution in [0.2, 0.25) is 0 Å². The summed E-state index contributed by atoms with van der Waals surface area (Å²) >= 11 is 0. The van der Waals surface area contributed by atoms with Crippen molar-refractivity contribution in [3.63, 3.8) is 0 Å². The smallest absolute Gasteiger partial charge is 0.351 e. The summed E-state index contributed by atoms with van der Waals surface area (Å²) in [6, 6.07) is 3.37. The number of fused-ring (bicyclic) bond motifs is 1.